The van der Waals surface area contributed by atoms with E-state index >= 15 is 0 Å². The Labute approximate surface area is 136 Å². The lowest BCUT2D eigenvalue weighted by molar-refractivity contribution is 0.0940. The molecule has 0 saturated carbocycles. The van der Waals surface area contributed by atoms with Crippen LogP contribution in [-0.4, -0.2) is 31.8 Å². The Morgan fingerprint density at radius 2 is 1.95 bits per heavy atom. The van der Waals surface area contributed by atoms with Gasteiger partial charge in [0.15, 0.2) is 5.11 Å². The maximum absolute atomic E-state index is 12.2. The summed E-state index contributed by atoms with van der Waals surface area (Å²) in [5, 5.41) is 3.39. The highest BCUT2D eigenvalue weighted by Crippen LogP contribution is 2.23. The Balaban J connectivity index is 2.56. The second-order valence-electron chi connectivity index (χ2n) is 5.08. The third kappa shape index (κ3) is 5.77. The highest BCUT2D eigenvalue weighted by molar-refractivity contribution is 7.80. The Bertz CT molecular complexity index is 521. The van der Waals surface area contributed by atoms with Gasteiger partial charge in [-0.25, -0.2) is 0 Å². The molecule has 0 atom stereocenters. The highest BCUT2D eigenvalue weighted by Gasteiger charge is 2.13. The molecule has 0 unspecified atom stereocenters. The average molecular weight is 325 g/mol. The molecule has 122 valence electrons. The number of carbonyl (C=O) groups is 1. The molecule has 1 rings (SSSR count). The molecule has 0 heterocycles. The van der Waals surface area contributed by atoms with E-state index in [9.17, 15) is 4.79 Å². The Hall–Kier alpha value is -2.02. The van der Waals surface area contributed by atoms with Gasteiger partial charge in [-0.1, -0.05) is 13.8 Å². The molecule has 0 fully saturated rings. The molecule has 22 heavy (non-hydrogen) atoms. The number of benzene rings is 1. The van der Waals surface area contributed by atoms with Crippen molar-refractivity contribution < 1.29 is 14.3 Å². The van der Waals surface area contributed by atoms with Gasteiger partial charge in [-0.05, 0) is 42.8 Å². The van der Waals surface area contributed by atoms with Gasteiger partial charge in [-0.15, -0.1) is 0 Å². The van der Waals surface area contributed by atoms with Crippen molar-refractivity contribution >= 4 is 23.2 Å². The summed E-state index contributed by atoms with van der Waals surface area (Å²) in [6.07, 6.45) is 0.999. The fourth-order valence-corrected chi connectivity index (χ4v) is 1.84. The monoisotopic (exact) mass is 325 g/mol. The summed E-state index contributed by atoms with van der Waals surface area (Å²) in [5.74, 6) is 1.26. The molecule has 0 aromatic heterocycles. The minimum Gasteiger partial charge on any atom is -0.497 e. The van der Waals surface area contributed by atoms with Crippen LogP contribution in [0.1, 0.15) is 30.6 Å². The maximum Gasteiger partial charge on any atom is 0.273 e. The first-order valence-corrected chi connectivity index (χ1v) is 7.45. The van der Waals surface area contributed by atoms with E-state index in [0.29, 0.717) is 28.1 Å². The number of methoxy groups -OCH3 is 2. The molecule has 0 saturated heterocycles. The molecule has 1 aromatic rings. The lowest BCUT2D eigenvalue weighted by atomic mass is 10.1. The van der Waals surface area contributed by atoms with Crippen molar-refractivity contribution in [2.45, 2.75) is 20.3 Å². The first kappa shape index (κ1) is 18.0. The fourth-order valence-electron chi connectivity index (χ4n) is 1.69. The number of ether oxygens (including phenoxy) is 2. The third-order valence-electron chi connectivity index (χ3n) is 2.95. The van der Waals surface area contributed by atoms with E-state index in [0.717, 1.165) is 13.0 Å². The number of hydrazine groups is 1. The molecule has 0 aliphatic carbocycles. The summed E-state index contributed by atoms with van der Waals surface area (Å²) in [6, 6.07) is 5.00. The molecule has 3 N–H and O–H groups in total. The molecule has 0 radical (unpaired) electrons. The van der Waals surface area contributed by atoms with Crippen LogP contribution in [0.15, 0.2) is 18.2 Å². The molecule has 1 aromatic carbocycles. The van der Waals surface area contributed by atoms with Crippen molar-refractivity contribution in [2.24, 2.45) is 5.92 Å². The summed E-state index contributed by atoms with van der Waals surface area (Å²) < 4.78 is 10.3. The summed E-state index contributed by atoms with van der Waals surface area (Å²) in [5.41, 5.74) is 5.56. The first-order valence-electron chi connectivity index (χ1n) is 7.04. The Morgan fingerprint density at radius 3 is 2.55 bits per heavy atom. The second-order valence-corrected chi connectivity index (χ2v) is 5.49. The minimum absolute atomic E-state index is 0.358. The molecule has 1 amide bonds. The molecule has 0 aliphatic heterocycles. The van der Waals surface area contributed by atoms with Crippen molar-refractivity contribution in [3.8, 4) is 11.5 Å². The quantitative estimate of drug-likeness (QED) is 0.548. The predicted molar refractivity (Wildman–Crippen MR) is 90.2 cm³/mol. The smallest absolute Gasteiger partial charge is 0.273 e. The highest BCUT2D eigenvalue weighted by atomic mass is 32.1. The van der Waals surface area contributed by atoms with Crippen LogP contribution >= 0.6 is 12.2 Å². The van der Waals surface area contributed by atoms with Crippen molar-refractivity contribution in [1.82, 2.24) is 16.2 Å². The summed E-state index contributed by atoms with van der Waals surface area (Å²) in [6.45, 7) is 5.02. The summed E-state index contributed by atoms with van der Waals surface area (Å²) in [4.78, 5) is 12.2. The van der Waals surface area contributed by atoms with Crippen molar-refractivity contribution in [2.75, 3.05) is 20.8 Å². The normalized spacial score (nSPS) is 10.0. The van der Waals surface area contributed by atoms with E-state index in [1.54, 1.807) is 18.2 Å². The molecule has 0 spiro atoms. The van der Waals surface area contributed by atoms with Crippen LogP contribution in [0.2, 0.25) is 0 Å². The van der Waals surface area contributed by atoms with Crippen LogP contribution in [0.5, 0.6) is 11.5 Å². The molecule has 7 heteroatoms. The Morgan fingerprint density at radius 1 is 1.23 bits per heavy atom. The molecule has 0 bridgehead atoms. The zero-order valence-corrected chi connectivity index (χ0v) is 14.2. The lowest BCUT2D eigenvalue weighted by Crippen LogP contribution is -2.47. The average Bonchev–Trinajstić information content (AvgIpc) is 2.51. The topological polar surface area (TPSA) is 71.6 Å². The van der Waals surface area contributed by atoms with Gasteiger partial charge in [-0.3, -0.25) is 15.6 Å². The van der Waals surface area contributed by atoms with Gasteiger partial charge < -0.3 is 14.8 Å². The van der Waals surface area contributed by atoms with E-state index in [-0.39, 0.29) is 5.91 Å². The first-order chi connectivity index (χ1) is 10.5. The molecule has 6 nitrogen and oxygen atoms in total. The zero-order valence-electron chi connectivity index (χ0n) is 13.4. The predicted octanol–water partition coefficient (Wildman–Crippen LogP) is 1.86. The van der Waals surface area contributed by atoms with Crippen molar-refractivity contribution in [3.05, 3.63) is 23.8 Å². The van der Waals surface area contributed by atoms with Gasteiger partial charge in [-0.2, -0.15) is 0 Å². The van der Waals surface area contributed by atoms with Crippen molar-refractivity contribution in [3.63, 3.8) is 0 Å². The van der Waals surface area contributed by atoms with Crippen molar-refractivity contribution in [1.29, 1.82) is 0 Å². The third-order valence-corrected chi connectivity index (χ3v) is 3.19. The van der Waals surface area contributed by atoms with Crippen LogP contribution in [0.3, 0.4) is 0 Å². The number of rotatable bonds is 6. The number of nitrogens with one attached hydrogen (secondary N) is 3. The Kier molecular flexibility index (Phi) is 7.45. The summed E-state index contributed by atoms with van der Waals surface area (Å²) in [7, 11) is 3.04. The lowest BCUT2D eigenvalue weighted by Gasteiger charge is -2.14. The van der Waals surface area contributed by atoms with E-state index in [4.69, 9.17) is 21.7 Å². The van der Waals surface area contributed by atoms with E-state index in [2.05, 4.69) is 30.0 Å². The van der Waals surface area contributed by atoms with Gasteiger partial charge in [0.05, 0.1) is 19.8 Å². The van der Waals surface area contributed by atoms with Crippen LogP contribution in [0, 0.1) is 5.92 Å². The van der Waals surface area contributed by atoms with Gasteiger partial charge in [0.1, 0.15) is 11.5 Å². The van der Waals surface area contributed by atoms with Gasteiger partial charge in [0, 0.05) is 6.54 Å². The molecule has 0 aliphatic rings. The number of hydrogen-bond donors (Lipinski definition) is 3. The number of amides is 1. The SMILES string of the molecule is COc1ccc(OC)c(C(=O)NNC(=S)NCCC(C)C)c1. The maximum atomic E-state index is 12.2. The standard InChI is InChI=1S/C15H23N3O3S/c1-10(2)7-8-16-15(22)18-17-14(19)12-9-11(20-3)5-6-13(12)21-4/h5-6,9-10H,7-8H2,1-4H3,(H,17,19)(H2,16,18,22). The number of carbonyl (C=O) groups excluding carboxylic acids is 1. The van der Waals surface area contributed by atoms with Crippen LogP contribution in [0.4, 0.5) is 0 Å². The van der Waals surface area contributed by atoms with Gasteiger partial charge >= 0.3 is 0 Å². The number of hydrogen-bond acceptors (Lipinski definition) is 4. The van der Waals surface area contributed by atoms with Gasteiger partial charge in [0.25, 0.3) is 5.91 Å². The van der Waals surface area contributed by atoms with Crippen LogP contribution in [-0.2, 0) is 0 Å². The summed E-state index contributed by atoms with van der Waals surface area (Å²) >= 11 is 5.09. The number of thiocarbonyl (C=S) groups is 1. The molecular formula is C15H23N3O3S. The largest absolute Gasteiger partial charge is 0.497 e. The fraction of sp³-hybridized carbons (Fsp3) is 0.467. The van der Waals surface area contributed by atoms with Crippen LogP contribution in [0.25, 0.3) is 0 Å². The van der Waals surface area contributed by atoms with E-state index < -0.39 is 0 Å². The van der Waals surface area contributed by atoms with Gasteiger partial charge in [0.2, 0.25) is 0 Å². The zero-order chi connectivity index (χ0) is 16.5. The van der Waals surface area contributed by atoms with E-state index in [1.807, 2.05) is 0 Å². The van der Waals surface area contributed by atoms with Crippen LogP contribution < -0.4 is 25.6 Å². The second kappa shape index (κ2) is 9.09. The minimum atomic E-state index is -0.358. The molecular weight excluding hydrogens is 302 g/mol. The van der Waals surface area contributed by atoms with E-state index in [1.165, 1.54) is 14.2 Å².